The Balaban J connectivity index is 1.84. The number of fused-ring (bicyclic) bond motifs is 2. The average Bonchev–Trinajstić information content (AvgIpc) is 2.55. The minimum absolute atomic E-state index is 0.158. The Morgan fingerprint density at radius 3 is 2.59 bits per heavy atom. The van der Waals surface area contributed by atoms with Gasteiger partial charge in [0.15, 0.2) is 5.11 Å². The standard InChI is InChI=1S/C18H15BrN2S/c19-13-8-5-12(6-9-13)16-15-10-7-11-3-1-2-4-14(11)17(15)21-18(22)20-16/h1-6,8-9,16H,7,10H2,(H2,20,21,22)/t16-/m1/s1. The number of nitrogens with one attached hydrogen (secondary N) is 2. The Morgan fingerprint density at radius 1 is 1.00 bits per heavy atom. The molecule has 1 atom stereocenters. The van der Waals surface area contributed by atoms with E-state index in [-0.39, 0.29) is 6.04 Å². The molecule has 0 fully saturated rings. The summed E-state index contributed by atoms with van der Waals surface area (Å²) in [6, 6.07) is 17.2. The topological polar surface area (TPSA) is 24.1 Å². The summed E-state index contributed by atoms with van der Waals surface area (Å²) >= 11 is 8.94. The molecule has 0 saturated carbocycles. The van der Waals surface area contributed by atoms with Gasteiger partial charge >= 0.3 is 0 Å². The molecule has 2 nitrogen and oxygen atoms in total. The molecule has 0 amide bonds. The predicted molar refractivity (Wildman–Crippen MR) is 97.4 cm³/mol. The second-order valence-corrected chi connectivity index (χ2v) is 6.96. The van der Waals surface area contributed by atoms with Crippen LogP contribution in [-0.4, -0.2) is 5.11 Å². The molecule has 1 aliphatic heterocycles. The molecule has 4 heteroatoms. The van der Waals surface area contributed by atoms with E-state index in [2.05, 4.69) is 75.1 Å². The summed E-state index contributed by atoms with van der Waals surface area (Å²) in [6.07, 6.45) is 2.13. The molecule has 1 aliphatic carbocycles. The summed E-state index contributed by atoms with van der Waals surface area (Å²) in [6.45, 7) is 0. The van der Waals surface area contributed by atoms with Crippen LogP contribution in [0, 0.1) is 0 Å². The maximum absolute atomic E-state index is 5.44. The molecule has 4 rings (SSSR count). The molecule has 22 heavy (non-hydrogen) atoms. The number of halogens is 1. The number of hydrogen-bond acceptors (Lipinski definition) is 1. The summed E-state index contributed by atoms with van der Waals surface area (Å²) < 4.78 is 1.09. The van der Waals surface area contributed by atoms with E-state index in [0.717, 1.165) is 17.3 Å². The monoisotopic (exact) mass is 370 g/mol. The zero-order valence-corrected chi connectivity index (χ0v) is 14.3. The first-order valence-corrected chi connectivity index (χ1v) is 8.57. The van der Waals surface area contributed by atoms with Crippen LogP contribution < -0.4 is 10.6 Å². The lowest BCUT2D eigenvalue weighted by Gasteiger charge is -2.35. The molecule has 2 aromatic rings. The number of aryl methyl sites for hydroxylation is 1. The summed E-state index contributed by atoms with van der Waals surface area (Å²) in [5.41, 5.74) is 6.52. The lowest BCUT2D eigenvalue weighted by Crippen LogP contribution is -2.44. The summed E-state index contributed by atoms with van der Waals surface area (Å²) in [5, 5.41) is 7.50. The van der Waals surface area contributed by atoms with Crippen molar-refractivity contribution in [1.82, 2.24) is 10.6 Å². The van der Waals surface area contributed by atoms with Crippen molar-refractivity contribution in [3.63, 3.8) is 0 Å². The van der Waals surface area contributed by atoms with Crippen LogP contribution in [0.4, 0.5) is 0 Å². The third kappa shape index (κ3) is 2.36. The largest absolute Gasteiger partial charge is 0.352 e. The van der Waals surface area contributed by atoms with E-state index in [9.17, 15) is 0 Å². The molecule has 110 valence electrons. The Labute approximate surface area is 143 Å². The number of benzene rings is 2. The SMILES string of the molecule is S=C1NC2=C(CCc3ccccc32)[C@@H](c2ccc(Br)cc2)N1. The van der Waals surface area contributed by atoms with Gasteiger partial charge in [0.2, 0.25) is 0 Å². The van der Waals surface area contributed by atoms with Gasteiger partial charge in [0.25, 0.3) is 0 Å². The van der Waals surface area contributed by atoms with E-state index in [4.69, 9.17) is 12.2 Å². The molecule has 2 aliphatic rings. The molecular weight excluding hydrogens is 356 g/mol. The van der Waals surface area contributed by atoms with Gasteiger partial charge in [-0.05, 0) is 53.9 Å². The third-order valence-corrected chi connectivity index (χ3v) is 5.09. The van der Waals surface area contributed by atoms with Crippen molar-refractivity contribution in [1.29, 1.82) is 0 Å². The van der Waals surface area contributed by atoms with E-state index in [1.54, 1.807) is 0 Å². The first kappa shape index (κ1) is 14.0. The van der Waals surface area contributed by atoms with Crippen LogP contribution in [-0.2, 0) is 6.42 Å². The van der Waals surface area contributed by atoms with Gasteiger partial charge in [-0.15, -0.1) is 0 Å². The Hall–Kier alpha value is -1.65. The summed E-state index contributed by atoms with van der Waals surface area (Å²) in [5.74, 6) is 0. The minimum atomic E-state index is 0.158. The maximum atomic E-state index is 5.44. The van der Waals surface area contributed by atoms with Crippen LogP contribution in [0.25, 0.3) is 5.70 Å². The van der Waals surface area contributed by atoms with Crippen LogP contribution in [0.5, 0.6) is 0 Å². The molecule has 2 aromatic carbocycles. The normalized spacial score (nSPS) is 19.9. The van der Waals surface area contributed by atoms with Gasteiger partial charge in [-0.3, -0.25) is 0 Å². The maximum Gasteiger partial charge on any atom is 0.171 e. The van der Waals surface area contributed by atoms with Gasteiger partial charge in [-0.2, -0.15) is 0 Å². The smallest absolute Gasteiger partial charge is 0.171 e. The zero-order valence-electron chi connectivity index (χ0n) is 11.9. The highest BCUT2D eigenvalue weighted by atomic mass is 79.9. The highest BCUT2D eigenvalue weighted by Crippen LogP contribution is 2.38. The van der Waals surface area contributed by atoms with Crippen LogP contribution in [0.1, 0.15) is 29.2 Å². The number of rotatable bonds is 1. The second kappa shape index (κ2) is 5.52. The van der Waals surface area contributed by atoms with Crippen molar-refractivity contribution in [3.8, 4) is 0 Å². The molecular formula is C18H15BrN2S. The van der Waals surface area contributed by atoms with Crippen LogP contribution in [0.2, 0.25) is 0 Å². The van der Waals surface area contributed by atoms with Crippen LogP contribution in [0.15, 0.2) is 58.6 Å². The fourth-order valence-electron chi connectivity index (χ4n) is 3.29. The lowest BCUT2D eigenvalue weighted by molar-refractivity contribution is 0.667. The quantitative estimate of drug-likeness (QED) is 0.730. The fraction of sp³-hybridized carbons (Fsp3) is 0.167. The zero-order chi connectivity index (χ0) is 15.1. The van der Waals surface area contributed by atoms with Crippen molar-refractivity contribution in [2.24, 2.45) is 0 Å². The summed E-state index contributed by atoms with van der Waals surface area (Å²) in [7, 11) is 0. The molecule has 0 bridgehead atoms. The van der Waals surface area contributed by atoms with Crippen molar-refractivity contribution in [2.45, 2.75) is 18.9 Å². The van der Waals surface area contributed by atoms with Crippen molar-refractivity contribution >= 4 is 39.0 Å². The Bertz CT molecular complexity index is 780. The third-order valence-electron chi connectivity index (χ3n) is 4.34. The van der Waals surface area contributed by atoms with Crippen LogP contribution in [0.3, 0.4) is 0 Å². The minimum Gasteiger partial charge on any atom is -0.352 e. The predicted octanol–water partition coefficient (Wildman–Crippen LogP) is 4.33. The second-order valence-electron chi connectivity index (χ2n) is 5.64. The van der Waals surface area contributed by atoms with Gasteiger partial charge in [0, 0.05) is 15.7 Å². The van der Waals surface area contributed by atoms with E-state index >= 15 is 0 Å². The number of hydrogen-bond donors (Lipinski definition) is 2. The first-order chi connectivity index (χ1) is 10.7. The van der Waals surface area contributed by atoms with E-state index in [0.29, 0.717) is 5.11 Å². The highest BCUT2D eigenvalue weighted by Gasteiger charge is 2.30. The average molecular weight is 371 g/mol. The fourth-order valence-corrected chi connectivity index (χ4v) is 3.78. The molecule has 0 radical (unpaired) electrons. The molecule has 0 unspecified atom stereocenters. The van der Waals surface area contributed by atoms with Crippen molar-refractivity contribution < 1.29 is 0 Å². The summed E-state index contributed by atoms with van der Waals surface area (Å²) in [4.78, 5) is 0. The van der Waals surface area contributed by atoms with Gasteiger partial charge in [0.1, 0.15) is 0 Å². The molecule has 0 aromatic heterocycles. The van der Waals surface area contributed by atoms with Crippen molar-refractivity contribution in [2.75, 3.05) is 0 Å². The van der Waals surface area contributed by atoms with E-state index < -0.39 is 0 Å². The van der Waals surface area contributed by atoms with Gasteiger partial charge in [-0.25, -0.2) is 0 Å². The Morgan fingerprint density at radius 2 is 1.77 bits per heavy atom. The van der Waals surface area contributed by atoms with E-state index in [1.807, 2.05) is 0 Å². The van der Waals surface area contributed by atoms with Gasteiger partial charge < -0.3 is 10.6 Å². The van der Waals surface area contributed by atoms with E-state index in [1.165, 1.54) is 28.0 Å². The van der Waals surface area contributed by atoms with Gasteiger partial charge in [0.05, 0.1) is 6.04 Å². The first-order valence-electron chi connectivity index (χ1n) is 7.36. The van der Waals surface area contributed by atoms with Gasteiger partial charge in [-0.1, -0.05) is 52.3 Å². The molecule has 0 spiro atoms. The molecule has 1 heterocycles. The molecule has 0 saturated heterocycles. The lowest BCUT2D eigenvalue weighted by atomic mass is 9.83. The van der Waals surface area contributed by atoms with Crippen LogP contribution >= 0.6 is 28.1 Å². The Kier molecular flexibility index (Phi) is 3.51. The van der Waals surface area contributed by atoms with Crippen molar-refractivity contribution in [3.05, 3.63) is 75.3 Å². The number of thiocarbonyl (C=S) groups is 1. The molecule has 2 N–H and O–H groups in total. The highest BCUT2D eigenvalue weighted by molar-refractivity contribution is 9.10.